The van der Waals surface area contributed by atoms with Crippen LogP contribution >= 0.6 is 0 Å². The molecule has 0 saturated heterocycles. The summed E-state index contributed by atoms with van der Waals surface area (Å²) in [4.78, 5) is 12.3. The lowest BCUT2D eigenvalue weighted by molar-refractivity contribution is -0.121. The number of hydrogen-bond acceptors (Lipinski definition) is 3. The molecule has 24 heavy (non-hydrogen) atoms. The number of benzene rings is 2. The normalized spacial score (nSPS) is 12.1. The highest BCUT2D eigenvalue weighted by Crippen LogP contribution is 2.24. The van der Waals surface area contributed by atoms with Gasteiger partial charge in [0.2, 0.25) is 5.91 Å². The van der Waals surface area contributed by atoms with Gasteiger partial charge in [-0.2, -0.15) is 0 Å². The van der Waals surface area contributed by atoms with Crippen molar-refractivity contribution in [1.29, 1.82) is 0 Å². The fraction of sp³-hybridized carbons (Fsp3) is 0.250. The summed E-state index contributed by atoms with van der Waals surface area (Å²) >= 11 is 0. The number of fused-ring (bicyclic) bond motifs is 1. The van der Waals surface area contributed by atoms with Crippen molar-refractivity contribution in [3.05, 3.63) is 65.4 Å². The molecule has 1 amide bonds. The Kier molecular flexibility index (Phi) is 4.56. The van der Waals surface area contributed by atoms with E-state index in [1.165, 1.54) is 0 Å². The lowest BCUT2D eigenvalue weighted by Gasteiger charge is -2.12. The fourth-order valence-electron chi connectivity index (χ4n) is 2.74. The Morgan fingerprint density at radius 3 is 2.75 bits per heavy atom. The smallest absolute Gasteiger partial charge is 0.225 e. The molecule has 0 aliphatic carbocycles. The zero-order chi connectivity index (χ0) is 17.1. The van der Waals surface area contributed by atoms with Crippen LogP contribution in [0.1, 0.15) is 29.9 Å². The van der Waals surface area contributed by atoms with Gasteiger partial charge in [0.15, 0.2) is 0 Å². The van der Waals surface area contributed by atoms with E-state index in [-0.39, 0.29) is 11.9 Å². The second-order valence-electron chi connectivity index (χ2n) is 5.96. The van der Waals surface area contributed by atoms with Crippen molar-refractivity contribution >= 4 is 16.9 Å². The molecular formula is C20H21NO3. The number of amides is 1. The minimum Gasteiger partial charge on any atom is -0.496 e. The number of furan rings is 1. The molecule has 0 fully saturated rings. The summed E-state index contributed by atoms with van der Waals surface area (Å²) < 4.78 is 11.1. The highest BCUT2D eigenvalue weighted by molar-refractivity contribution is 5.80. The molecule has 2 aromatic carbocycles. The van der Waals surface area contributed by atoms with Crippen molar-refractivity contribution < 1.29 is 13.9 Å². The predicted molar refractivity (Wildman–Crippen MR) is 94.2 cm³/mol. The molecule has 4 nitrogen and oxygen atoms in total. The quantitative estimate of drug-likeness (QED) is 0.766. The number of para-hydroxylation sites is 1. The van der Waals surface area contributed by atoms with Crippen LogP contribution in [-0.4, -0.2) is 13.0 Å². The number of nitrogens with one attached hydrogen (secondary N) is 1. The molecule has 0 bridgehead atoms. The van der Waals surface area contributed by atoms with Crippen LogP contribution in [0.3, 0.4) is 0 Å². The first-order valence-electron chi connectivity index (χ1n) is 7.98. The molecule has 3 rings (SSSR count). The van der Waals surface area contributed by atoms with Crippen LogP contribution in [0.4, 0.5) is 0 Å². The van der Waals surface area contributed by atoms with E-state index in [1.54, 1.807) is 7.11 Å². The van der Waals surface area contributed by atoms with Crippen LogP contribution in [0.2, 0.25) is 0 Å². The van der Waals surface area contributed by atoms with Gasteiger partial charge in [0.05, 0.1) is 19.6 Å². The average Bonchev–Trinajstić information content (AvgIpc) is 3.00. The standard InChI is InChI=1S/C20H21NO3/c1-13-8-9-15(10-18(13)23-3)11-20(22)21-14(2)19-12-16-6-4-5-7-17(16)24-19/h4-10,12,14H,11H2,1-3H3,(H,21,22). The maximum absolute atomic E-state index is 12.3. The van der Waals surface area contributed by atoms with Crippen LogP contribution in [-0.2, 0) is 11.2 Å². The van der Waals surface area contributed by atoms with Crippen molar-refractivity contribution in [2.75, 3.05) is 7.11 Å². The molecule has 0 spiro atoms. The second-order valence-corrected chi connectivity index (χ2v) is 5.96. The van der Waals surface area contributed by atoms with Crippen molar-refractivity contribution in [2.45, 2.75) is 26.3 Å². The summed E-state index contributed by atoms with van der Waals surface area (Å²) in [6.45, 7) is 3.90. The minimum atomic E-state index is -0.183. The Bertz CT molecular complexity index is 833. The van der Waals surface area contributed by atoms with Crippen LogP contribution in [0.5, 0.6) is 5.75 Å². The van der Waals surface area contributed by atoms with Gasteiger partial charge in [0.25, 0.3) is 0 Å². The van der Waals surface area contributed by atoms with E-state index in [9.17, 15) is 4.79 Å². The third-order valence-electron chi connectivity index (χ3n) is 4.09. The Balaban J connectivity index is 1.67. The van der Waals surface area contributed by atoms with Crippen LogP contribution < -0.4 is 10.1 Å². The third-order valence-corrected chi connectivity index (χ3v) is 4.09. The molecule has 4 heteroatoms. The zero-order valence-electron chi connectivity index (χ0n) is 14.1. The molecule has 0 aliphatic rings. The average molecular weight is 323 g/mol. The van der Waals surface area contributed by atoms with Crippen molar-refractivity contribution in [3.63, 3.8) is 0 Å². The van der Waals surface area contributed by atoms with Gasteiger partial charge in [0.1, 0.15) is 17.1 Å². The van der Waals surface area contributed by atoms with Gasteiger partial charge in [0, 0.05) is 5.39 Å². The molecule has 1 heterocycles. The molecule has 0 aliphatic heterocycles. The van der Waals surface area contributed by atoms with E-state index in [0.717, 1.165) is 33.6 Å². The highest BCUT2D eigenvalue weighted by Gasteiger charge is 2.14. The molecule has 3 aromatic rings. The third kappa shape index (κ3) is 3.43. The molecule has 1 aromatic heterocycles. The van der Waals surface area contributed by atoms with E-state index >= 15 is 0 Å². The second kappa shape index (κ2) is 6.79. The monoisotopic (exact) mass is 323 g/mol. The number of ether oxygens (including phenoxy) is 1. The van der Waals surface area contributed by atoms with Gasteiger partial charge in [-0.05, 0) is 43.2 Å². The van der Waals surface area contributed by atoms with Gasteiger partial charge in [-0.25, -0.2) is 0 Å². The van der Waals surface area contributed by atoms with Gasteiger partial charge >= 0.3 is 0 Å². The van der Waals surface area contributed by atoms with Gasteiger partial charge in [-0.15, -0.1) is 0 Å². The number of hydrogen-bond donors (Lipinski definition) is 1. The summed E-state index contributed by atoms with van der Waals surface area (Å²) in [5.41, 5.74) is 2.81. The van der Waals surface area contributed by atoms with Crippen LogP contribution in [0.25, 0.3) is 11.0 Å². The van der Waals surface area contributed by atoms with Gasteiger partial charge in [-0.3, -0.25) is 4.79 Å². The topological polar surface area (TPSA) is 51.5 Å². The number of rotatable bonds is 5. The summed E-state index contributed by atoms with van der Waals surface area (Å²) in [6.07, 6.45) is 0.307. The first-order chi connectivity index (χ1) is 11.6. The van der Waals surface area contributed by atoms with Crippen LogP contribution in [0.15, 0.2) is 52.9 Å². The van der Waals surface area contributed by atoms with Crippen LogP contribution in [0, 0.1) is 6.92 Å². The number of aryl methyl sites for hydroxylation is 1. The maximum Gasteiger partial charge on any atom is 0.225 e. The lowest BCUT2D eigenvalue weighted by atomic mass is 10.1. The number of carbonyl (C=O) groups excluding carboxylic acids is 1. The summed E-state index contributed by atoms with van der Waals surface area (Å²) in [7, 11) is 1.63. The van der Waals surface area contributed by atoms with E-state index in [1.807, 2.05) is 62.4 Å². The van der Waals surface area contributed by atoms with E-state index in [0.29, 0.717) is 6.42 Å². The van der Waals surface area contributed by atoms with E-state index in [2.05, 4.69) is 5.32 Å². The molecule has 0 saturated carbocycles. The Labute approximate surface area is 141 Å². The first-order valence-corrected chi connectivity index (χ1v) is 7.98. The predicted octanol–water partition coefficient (Wildman–Crippen LogP) is 4.17. The fourth-order valence-corrected chi connectivity index (χ4v) is 2.74. The van der Waals surface area contributed by atoms with Crippen molar-refractivity contribution in [1.82, 2.24) is 5.32 Å². The minimum absolute atomic E-state index is 0.0473. The number of methoxy groups -OCH3 is 1. The molecule has 1 atom stereocenters. The Morgan fingerprint density at radius 2 is 2.00 bits per heavy atom. The highest BCUT2D eigenvalue weighted by atomic mass is 16.5. The molecule has 124 valence electrons. The number of carbonyl (C=O) groups is 1. The van der Waals surface area contributed by atoms with Gasteiger partial charge < -0.3 is 14.5 Å². The summed E-state index contributed by atoms with van der Waals surface area (Å²) in [5.74, 6) is 1.51. The molecular weight excluding hydrogens is 302 g/mol. The SMILES string of the molecule is COc1cc(CC(=O)NC(C)c2cc3ccccc3o2)ccc1C. The Hall–Kier alpha value is -2.75. The first kappa shape index (κ1) is 16.1. The largest absolute Gasteiger partial charge is 0.496 e. The lowest BCUT2D eigenvalue weighted by Crippen LogP contribution is -2.27. The van der Waals surface area contributed by atoms with Gasteiger partial charge in [-0.1, -0.05) is 30.3 Å². The summed E-state index contributed by atoms with van der Waals surface area (Å²) in [6, 6.07) is 15.4. The molecule has 1 N–H and O–H groups in total. The van der Waals surface area contributed by atoms with Crippen molar-refractivity contribution in [2.24, 2.45) is 0 Å². The zero-order valence-corrected chi connectivity index (χ0v) is 14.1. The van der Waals surface area contributed by atoms with E-state index < -0.39 is 0 Å². The molecule has 1 unspecified atom stereocenters. The Morgan fingerprint density at radius 1 is 1.21 bits per heavy atom. The maximum atomic E-state index is 12.3. The summed E-state index contributed by atoms with van der Waals surface area (Å²) in [5, 5.41) is 4.02. The molecule has 0 radical (unpaired) electrons. The van der Waals surface area contributed by atoms with Crippen molar-refractivity contribution in [3.8, 4) is 5.75 Å². The van der Waals surface area contributed by atoms with E-state index in [4.69, 9.17) is 9.15 Å².